The molecule has 0 saturated heterocycles. The Morgan fingerprint density at radius 2 is 2.00 bits per heavy atom. The molecular weight excluding hydrogens is 202 g/mol. The van der Waals surface area contributed by atoms with Crippen molar-refractivity contribution in [3.63, 3.8) is 0 Å². The van der Waals surface area contributed by atoms with Gasteiger partial charge in [0.25, 0.3) is 0 Å². The fourth-order valence-electron chi connectivity index (χ4n) is 0.896. The SMILES string of the molecule is CNC(=O)C(CS)NC(=O)CN(C)C. The van der Waals surface area contributed by atoms with Crippen LogP contribution >= 0.6 is 12.6 Å². The van der Waals surface area contributed by atoms with Gasteiger partial charge in [0.2, 0.25) is 11.8 Å². The minimum absolute atomic E-state index is 0.183. The van der Waals surface area contributed by atoms with Crippen LogP contribution in [0.2, 0.25) is 0 Å². The van der Waals surface area contributed by atoms with E-state index in [1.165, 1.54) is 7.05 Å². The molecular formula is C8H17N3O2S. The number of amides is 2. The van der Waals surface area contributed by atoms with Crippen molar-refractivity contribution in [2.75, 3.05) is 33.4 Å². The van der Waals surface area contributed by atoms with Gasteiger partial charge in [-0.3, -0.25) is 9.59 Å². The molecule has 0 heterocycles. The highest BCUT2D eigenvalue weighted by Gasteiger charge is 2.17. The van der Waals surface area contributed by atoms with Crippen molar-refractivity contribution in [2.45, 2.75) is 6.04 Å². The summed E-state index contributed by atoms with van der Waals surface area (Å²) < 4.78 is 0. The Kier molecular flexibility index (Phi) is 6.31. The van der Waals surface area contributed by atoms with Crippen molar-refractivity contribution in [2.24, 2.45) is 0 Å². The number of rotatable bonds is 5. The largest absolute Gasteiger partial charge is 0.357 e. The number of likely N-dealkylation sites (N-methyl/N-ethyl adjacent to an activating group) is 2. The van der Waals surface area contributed by atoms with Crippen molar-refractivity contribution in [1.29, 1.82) is 0 Å². The maximum absolute atomic E-state index is 11.3. The van der Waals surface area contributed by atoms with E-state index in [1.54, 1.807) is 19.0 Å². The molecule has 0 saturated carbocycles. The van der Waals surface area contributed by atoms with Crippen LogP contribution < -0.4 is 10.6 Å². The first-order valence-electron chi connectivity index (χ1n) is 4.27. The molecule has 0 aliphatic rings. The monoisotopic (exact) mass is 219 g/mol. The summed E-state index contributed by atoms with van der Waals surface area (Å²) in [4.78, 5) is 24.2. The second-order valence-electron chi connectivity index (χ2n) is 3.15. The van der Waals surface area contributed by atoms with E-state index in [-0.39, 0.29) is 18.4 Å². The second-order valence-corrected chi connectivity index (χ2v) is 3.52. The van der Waals surface area contributed by atoms with Crippen molar-refractivity contribution >= 4 is 24.4 Å². The molecule has 0 radical (unpaired) electrons. The maximum Gasteiger partial charge on any atom is 0.243 e. The standard InChI is InChI=1S/C8H17N3O2S/c1-9-8(13)6(5-14)10-7(12)4-11(2)3/h6,14H,4-5H2,1-3H3,(H,9,13)(H,10,12). The lowest BCUT2D eigenvalue weighted by molar-refractivity contribution is -0.128. The number of carbonyl (C=O) groups is 2. The molecule has 82 valence electrons. The Hall–Kier alpha value is -0.750. The number of carbonyl (C=O) groups excluding carboxylic acids is 2. The van der Waals surface area contributed by atoms with E-state index in [4.69, 9.17) is 0 Å². The Balaban J connectivity index is 4.05. The first-order valence-corrected chi connectivity index (χ1v) is 4.91. The average molecular weight is 219 g/mol. The summed E-state index contributed by atoms with van der Waals surface area (Å²) in [6, 6.07) is -0.559. The maximum atomic E-state index is 11.3. The number of hydrogen-bond acceptors (Lipinski definition) is 4. The van der Waals surface area contributed by atoms with Gasteiger partial charge < -0.3 is 15.5 Å². The summed E-state index contributed by atoms with van der Waals surface area (Å²) in [6.07, 6.45) is 0. The molecule has 1 unspecified atom stereocenters. The lowest BCUT2D eigenvalue weighted by Gasteiger charge is -2.16. The van der Waals surface area contributed by atoms with Crippen LogP contribution in [-0.2, 0) is 9.59 Å². The molecule has 2 amide bonds. The predicted molar refractivity (Wildman–Crippen MR) is 58.4 cm³/mol. The quantitative estimate of drug-likeness (QED) is 0.504. The van der Waals surface area contributed by atoms with Crippen LogP contribution in [0.1, 0.15) is 0 Å². The van der Waals surface area contributed by atoms with Gasteiger partial charge in [0.15, 0.2) is 0 Å². The molecule has 5 nitrogen and oxygen atoms in total. The van der Waals surface area contributed by atoms with E-state index >= 15 is 0 Å². The van der Waals surface area contributed by atoms with Crippen LogP contribution in [0.15, 0.2) is 0 Å². The zero-order valence-electron chi connectivity index (χ0n) is 8.70. The summed E-state index contributed by atoms with van der Waals surface area (Å²) in [5.74, 6) is -0.122. The van der Waals surface area contributed by atoms with Gasteiger partial charge in [-0.05, 0) is 14.1 Å². The highest BCUT2D eigenvalue weighted by atomic mass is 32.1. The first kappa shape index (κ1) is 13.2. The lowest BCUT2D eigenvalue weighted by atomic mass is 10.3. The molecule has 0 fully saturated rings. The van der Waals surface area contributed by atoms with Gasteiger partial charge in [0, 0.05) is 12.8 Å². The van der Waals surface area contributed by atoms with Crippen LogP contribution in [0.25, 0.3) is 0 Å². The Bertz CT molecular complexity index is 209. The minimum atomic E-state index is -0.559. The van der Waals surface area contributed by atoms with Crippen LogP contribution in [-0.4, -0.2) is 56.2 Å². The zero-order chi connectivity index (χ0) is 11.1. The Labute approximate surface area is 89.6 Å². The van der Waals surface area contributed by atoms with Crippen molar-refractivity contribution in [1.82, 2.24) is 15.5 Å². The fourth-order valence-corrected chi connectivity index (χ4v) is 1.15. The second kappa shape index (κ2) is 6.67. The van der Waals surface area contributed by atoms with E-state index in [2.05, 4.69) is 23.3 Å². The van der Waals surface area contributed by atoms with Gasteiger partial charge >= 0.3 is 0 Å². The third kappa shape index (κ3) is 5.08. The molecule has 1 atom stereocenters. The van der Waals surface area contributed by atoms with E-state index in [0.717, 1.165) is 0 Å². The Morgan fingerprint density at radius 1 is 1.43 bits per heavy atom. The smallest absolute Gasteiger partial charge is 0.243 e. The zero-order valence-corrected chi connectivity index (χ0v) is 9.60. The van der Waals surface area contributed by atoms with Gasteiger partial charge in [-0.25, -0.2) is 0 Å². The first-order chi connectivity index (χ1) is 6.51. The van der Waals surface area contributed by atoms with Crippen LogP contribution in [0.5, 0.6) is 0 Å². The highest BCUT2D eigenvalue weighted by molar-refractivity contribution is 7.80. The molecule has 0 spiro atoms. The van der Waals surface area contributed by atoms with E-state index in [0.29, 0.717) is 5.75 Å². The normalized spacial score (nSPS) is 12.4. The molecule has 0 rings (SSSR count). The van der Waals surface area contributed by atoms with Crippen molar-refractivity contribution in [3.8, 4) is 0 Å². The van der Waals surface area contributed by atoms with Gasteiger partial charge in [0.1, 0.15) is 6.04 Å². The molecule has 14 heavy (non-hydrogen) atoms. The molecule has 0 aromatic heterocycles. The van der Waals surface area contributed by atoms with Gasteiger partial charge in [-0.1, -0.05) is 0 Å². The van der Waals surface area contributed by atoms with E-state index < -0.39 is 6.04 Å². The van der Waals surface area contributed by atoms with Crippen LogP contribution in [0, 0.1) is 0 Å². The molecule has 0 aliphatic heterocycles. The number of nitrogens with one attached hydrogen (secondary N) is 2. The fraction of sp³-hybridized carbons (Fsp3) is 0.750. The lowest BCUT2D eigenvalue weighted by Crippen LogP contribution is -2.49. The van der Waals surface area contributed by atoms with Crippen molar-refractivity contribution in [3.05, 3.63) is 0 Å². The molecule has 0 bridgehead atoms. The third-order valence-corrected chi connectivity index (χ3v) is 1.91. The molecule has 0 aromatic carbocycles. The molecule has 6 heteroatoms. The number of hydrogen-bond donors (Lipinski definition) is 3. The van der Waals surface area contributed by atoms with E-state index in [9.17, 15) is 9.59 Å². The Morgan fingerprint density at radius 3 is 2.36 bits per heavy atom. The summed E-state index contributed by atoms with van der Waals surface area (Å²) in [7, 11) is 5.10. The number of thiol groups is 1. The highest BCUT2D eigenvalue weighted by Crippen LogP contribution is 1.88. The minimum Gasteiger partial charge on any atom is -0.357 e. The van der Waals surface area contributed by atoms with Gasteiger partial charge in [0.05, 0.1) is 6.54 Å². The van der Waals surface area contributed by atoms with Gasteiger partial charge in [-0.2, -0.15) is 12.6 Å². The summed E-state index contributed by atoms with van der Waals surface area (Å²) in [6.45, 7) is 0.265. The average Bonchev–Trinajstić information content (AvgIpc) is 2.11. The molecule has 0 aliphatic carbocycles. The van der Waals surface area contributed by atoms with E-state index in [1.807, 2.05) is 0 Å². The van der Waals surface area contributed by atoms with Crippen LogP contribution in [0.3, 0.4) is 0 Å². The predicted octanol–water partition coefficient (Wildman–Crippen LogP) is -1.29. The number of nitrogens with zero attached hydrogens (tertiary/aromatic N) is 1. The summed E-state index contributed by atoms with van der Waals surface area (Å²) >= 11 is 3.99. The molecule has 2 N–H and O–H groups in total. The topological polar surface area (TPSA) is 61.4 Å². The van der Waals surface area contributed by atoms with Gasteiger partial charge in [-0.15, -0.1) is 0 Å². The third-order valence-electron chi connectivity index (χ3n) is 1.54. The molecule has 0 aromatic rings. The summed E-state index contributed by atoms with van der Waals surface area (Å²) in [5.41, 5.74) is 0. The van der Waals surface area contributed by atoms with Crippen LogP contribution in [0.4, 0.5) is 0 Å². The summed E-state index contributed by atoms with van der Waals surface area (Å²) in [5, 5.41) is 5.04. The van der Waals surface area contributed by atoms with Crippen molar-refractivity contribution < 1.29 is 9.59 Å².